The van der Waals surface area contributed by atoms with Gasteiger partial charge in [-0.2, -0.15) is 0 Å². The second kappa shape index (κ2) is 6.11. The number of benzene rings is 3. The first-order chi connectivity index (χ1) is 14.1. The maximum Gasteiger partial charge on any atom is 0.0584 e. The highest BCUT2D eigenvalue weighted by Gasteiger charge is 2.40. The molecule has 0 amide bonds. The van der Waals surface area contributed by atoms with E-state index in [9.17, 15) is 0 Å². The molecule has 1 heterocycles. The van der Waals surface area contributed by atoms with E-state index in [0.717, 1.165) is 0 Å². The Kier molecular flexibility index (Phi) is 3.90. The van der Waals surface area contributed by atoms with Crippen LogP contribution in [0.4, 0.5) is 0 Å². The fourth-order valence-corrected chi connectivity index (χ4v) is 5.36. The minimum absolute atomic E-state index is 0.0230. The van der Waals surface area contributed by atoms with E-state index in [-0.39, 0.29) is 10.8 Å². The lowest BCUT2D eigenvalue weighted by molar-refractivity contribution is 0.591. The summed E-state index contributed by atoms with van der Waals surface area (Å²) in [5.74, 6) is 0. The van der Waals surface area contributed by atoms with Crippen LogP contribution >= 0.6 is 0 Å². The normalized spacial score (nSPS) is 14.8. The van der Waals surface area contributed by atoms with Crippen LogP contribution in [0.15, 0.2) is 60.7 Å². The molecule has 1 aliphatic rings. The van der Waals surface area contributed by atoms with Crippen LogP contribution in [0, 0.1) is 13.8 Å². The van der Waals surface area contributed by atoms with Crippen molar-refractivity contribution in [2.45, 2.75) is 59.3 Å². The highest BCUT2D eigenvalue weighted by Crippen LogP contribution is 2.53. The van der Waals surface area contributed by atoms with E-state index >= 15 is 0 Å². The van der Waals surface area contributed by atoms with Gasteiger partial charge in [0.2, 0.25) is 0 Å². The van der Waals surface area contributed by atoms with Crippen LogP contribution in [0.2, 0.25) is 0 Å². The monoisotopic (exact) mass is 393 g/mol. The number of nitrogens with zero attached hydrogens (tertiary/aromatic N) is 1. The topological polar surface area (TPSA) is 4.93 Å². The third kappa shape index (κ3) is 2.61. The molecular formula is C29H31N. The van der Waals surface area contributed by atoms with Gasteiger partial charge in [-0.1, -0.05) is 71.0 Å². The summed E-state index contributed by atoms with van der Waals surface area (Å²) in [7, 11) is 0. The predicted octanol–water partition coefficient (Wildman–Crippen LogP) is 7.85. The zero-order valence-electron chi connectivity index (χ0n) is 19.2. The molecular weight excluding hydrogens is 362 g/mol. The summed E-state index contributed by atoms with van der Waals surface area (Å²) in [4.78, 5) is 0. The summed E-state index contributed by atoms with van der Waals surface area (Å²) < 4.78 is 2.50. The van der Waals surface area contributed by atoms with Gasteiger partial charge in [-0.3, -0.25) is 0 Å². The molecule has 0 N–H and O–H groups in total. The summed E-state index contributed by atoms with van der Waals surface area (Å²) in [6, 6.07) is 22.9. The molecule has 0 saturated carbocycles. The van der Waals surface area contributed by atoms with Gasteiger partial charge in [0.1, 0.15) is 0 Å². The molecule has 5 rings (SSSR count). The molecule has 4 aromatic rings. The number of rotatable bonds is 1. The summed E-state index contributed by atoms with van der Waals surface area (Å²) in [6.45, 7) is 16.1. The summed E-state index contributed by atoms with van der Waals surface area (Å²) >= 11 is 0. The maximum absolute atomic E-state index is 2.50. The Balaban J connectivity index is 1.97. The smallest absolute Gasteiger partial charge is 0.0584 e. The number of hydrogen-bond acceptors (Lipinski definition) is 0. The zero-order valence-corrected chi connectivity index (χ0v) is 19.2. The molecule has 0 saturated heterocycles. The van der Waals surface area contributed by atoms with Crippen molar-refractivity contribution in [2.24, 2.45) is 0 Å². The van der Waals surface area contributed by atoms with Crippen molar-refractivity contribution in [1.82, 2.24) is 4.57 Å². The Morgan fingerprint density at radius 2 is 1.47 bits per heavy atom. The average molecular weight is 394 g/mol. The standard InChI is InChI=1S/C29H31N/c1-18-14-19(2)16-21(15-18)30-25-13-12-20(28(3,4)5)17-23(25)26-27(30)22-10-8-9-11-24(22)29(26,6)7/h8-17H,1-7H3. The second-order valence-corrected chi connectivity index (χ2v) is 10.6. The fourth-order valence-electron chi connectivity index (χ4n) is 5.36. The van der Waals surface area contributed by atoms with Crippen molar-refractivity contribution in [3.8, 4) is 16.9 Å². The summed E-state index contributed by atoms with van der Waals surface area (Å²) in [6.07, 6.45) is 0. The third-order valence-corrected chi connectivity index (χ3v) is 6.78. The lowest BCUT2D eigenvalue weighted by atomic mass is 9.80. The molecule has 0 bridgehead atoms. The van der Waals surface area contributed by atoms with Crippen LogP contribution in [0.5, 0.6) is 0 Å². The van der Waals surface area contributed by atoms with Crippen LogP contribution in [-0.4, -0.2) is 4.57 Å². The zero-order chi connectivity index (χ0) is 21.4. The number of aryl methyl sites for hydroxylation is 2. The first-order valence-electron chi connectivity index (χ1n) is 11.0. The van der Waals surface area contributed by atoms with Crippen LogP contribution in [-0.2, 0) is 10.8 Å². The fraction of sp³-hybridized carbons (Fsp3) is 0.310. The minimum Gasteiger partial charge on any atom is -0.309 e. The lowest BCUT2D eigenvalue weighted by Gasteiger charge is -2.23. The molecule has 0 unspecified atom stereocenters. The van der Waals surface area contributed by atoms with E-state index in [0.29, 0.717) is 0 Å². The Labute approximate surface area is 180 Å². The molecule has 152 valence electrons. The van der Waals surface area contributed by atoms with E-state index in [4.69, 9.17) is 0 Å². The Hall–Kier alpha value is -2.80. The van der Waals surface area contributed by atoms with Gasteiger partial charge in [-0.05, 0) is 71.3 Å². The molecule has 0 radical (unpaired) electrons. The van der Waals surface area contributed by atoms with Crippen molar-refractivity contribution >= 4 is 10.9 Å². The second-order valence-electron chi connectivity index (χ2n) is 10.6. The van der Waals surface area contributed by atoms with Gasteiger partial charge in [0, 0.05) is 22.1 Å². The molecule has 3 aromatic carbocycles. The van der Waals surface area contributed by atoms with Crippen molar-refractivity contribution in [3.63, 3.8) is 0 Å². The van der Waals surface area contributed by atoms with Crippen LogP contribution < -0.4 is 0 Å². The van der Waals surface area contributed by atoms with Crippen molar-refractivity contribution < 1.29 is 0 Å². The highest BCUT2D eigenvalue weighted by atomic mass is 15.0. The molecule has 0 spiro atoms. The van der Waals surface area contributed by atoms with Gasteiger partial charge in [0.25, 0.3) is 0 Å². The molecule has 30 heavy (non-hydrogen) atoms. The minimum atomic E-state index is -0.0230. The first kappa shape index (κ1) is 19.2. The highest BCUT2D eigenvalue weighted by molar-refractivity contribution is 5.99. The van der Waals surface area contributed by atoms with E-state index in [1.165, 1.54) is 55.7 Å². The molecule has 0 fully saturated rings. The molecule has 1 aromatic heterocycles. The Morgan fingerprint density at radius 1 is 0.800 bits per heavy atom. The number of fused-ring (bicyclic) bond motifs is 5. The summed E-state index contributed by atoms with van der Waals surface area (Å²) in [5, 5.41) is 1.39. The van der Waals surface area contributed by atoms with E-state index in [1.807, 2.05) is 0 Å². The van der Waals surface area contributed by atoms with Crippen molar-refractivity contribution in [2.75, 3.05) is 0 Å². The van der Waals surface area contributed by atoms with Gasteiger partial charge < -0.3 is 4.57 Å². The molecule has 1 nitrogen and oxygen atoms in total. The van der Waals surface area contributed by atoms with Crippen LogP contribution in [0.25, 0.3) is 27.8 Å². The largest absolute Gasteiger partial charge is 0.309 e. The maximum atomic E-state index is 2.50. The number of aromatic nitrogens is 1. The molecule has 0 atom stereocenters. The van der Waals surface area contributed by atoms with Crippen molar-refractivity contribution in [1.29, 1.82) is 0 Å². The quantitative estimate of drug-likeness (QED) is 0.310. The predicted molar refractivity (Wildman–Crippen MR) is 129 cm³/mol. The molecule has 1 heteroatoms. The van der Waals surface area contributed by atoms with Gasteiger partial charge in [0.05, 0.1) is 11.2 Å². The number of hydrogen-bond donors (Lipinski definition) is 0. The van der Waals surface area contributed by atoms with Gasteiger partial charge in [0.15, 0.2) is 0 Å². The van der Waals surface area contributed by atoms with Crippen molar-refractivity contribution in [3.05, 3.63) is 88.5 Å². The lowest BCUT2D eigenvalue weighted by Crippen LogP contribution is -2.15. The van der Waals surface area contributed by atoms with Crippen LogP contribution in [0.1, 0.15) is 62.4 Å². The SMILES string of the molecule is Cc1cc(C)cc(-n2c3c(c4cc(C(C)(C)C)ccc42)C(C)(C)c2ccccc2-3)c1. The summed E-state index contributed by atoms with van der Waals surface area (Å²) in [5.41, 5.74) is 12.3. The first-order valence-corrected chi connectivity index (χ1v) is 11.0. The van der Waals surface area contributed by atoms with Gasteiger partial charge >= 0.3 is 0 Å². The van der Waals surface area contributed by atoms with Gasteiger partial charge in [-0.15, -0.1) is 0 Å². The van der Waals surface area contributed by atoms with E-state index in [1.54, 1.807) is 0 Å². The van der Waals surface area contributed by atoms with Crippen LogP contribution in [0.3, 0.4) is 0 Å². The molecule has 1 aliphatic carbocycles. The average Bonchev–Trinajstić information content (AvgIpc) is 3.12. The van der Waals surface area contributed by atoms with E-state index < -0.39 is 0 Å². The Bertz CT molecular complexity index is 1290. The Morgan fingerprint density at radius 3 is 2.13 bits per heavy atom. The third-order valence-electron chi connectivity index (χ3n) is 6.78. The molecule has 0 aliphatic heterocycles. The van der Waals surface area contributed by atoms with E-state index in [2.05, 4.69) is 114 Å². The van der Waals surface area contributed by atoms with Gasteiger partial charge in [-0.25, -0.2) is 0 Å².